The minimum absolute atomic E-state index is 0.257. The third-order valence-electron chi connectivity index (χ3n) is 1.97. The number of nitrogens with two attached hydrogens (primary N) is 1. The molecule has 0 saturated carbocycles. The average Bonchev–Trinajstić information content (AvgIpc) is 2.22. The first-order chi connectivity index (χ1) is 7.95. The Bertz CT molecular complexity index is 458. The van der Waals surface area contributed by atoms with Gasteiger partial charge in [-0.25, -0.2) is 0 Å². The van der Waals surface area contributed by atoms with E-state index in [2.05, 4.69) is 11.9 Å². The van der Waals surface area contributed by atoms with E-state index in [1.807, 2.05) is 6.92 Å². The van der Waals surface area contributed by atoms with Crippen LogP contribution in [0.15, 0.2) is 24.5 Å². The molecular weight excluding hydrogens is 240 g/mol. The SMILES string of the molecule is C=C(C)Oc1cc(Cl)c(N)cc1C(=O)NCC. The maximum Gasteiger partial charge on any atom is 0.255 e. The summed E-state index contributed by atoms with van der Waals surface area (Å²) in [4.78, 5) is 11.8. The summed E-state index contributed by atoms with van der Waals surface area (Å²) in [5, 5.41) is 3.02. The molecule has 0 aliphatic carbocycles. The van der Waals surface area contributed by atoms with Crippen LogP contribution in [0.1, 0.15) is 24.2 Å². The van der Waals surface area contributed by atoms with E-state index in [0.29, 0.717) is 34.3 Å². The zero-order valence-corrected chi connectivity index (χ0v) is 10.6. The molecular formula is C12H15ClN2O2. The number of rotatable bonds is 4. The van der Waals surface area contributed by atoms with Crippen molar-refractivity contribution in [2.45, 2.75) is 13.8 Å². The van der Waals surface area contributed by atoms with Gasteiger partial charge in [-0.2, -0.15) is 0 Å². The second-order valence-corrected chi connectivity index (χ2v) is 3.94. The number of carbonyl (C=O) groups excluding carboxylic acids is 1. The van der Waals surface area contributed by atoms with Gasteiger partial charge in [-0.15, -0.1) is 0 Å². The minimum atomic E-state index is -0.257. The van der Waals surface area contributed by atoms with Crippen LogP contribution in [0.4, 0.5) is 5.69 Å². The van der Waals surface area contributed by atoms with Gasteiger partial charge in [0, 0.05) is 12.6 Å². The summed E-state index contributed by atoms with van der Waals surface area (Å²) < 4.78 is 5.35. The van der Waals surface area contributed by atoms with E-state index in [0.717, 1.165) is 0 Å². The Morgan fingerprint density at radius 2 is 2.24 bits per heavy atom. The molecule has 1 amide bonds. The van der Waals surface area contributed by atoms with E-state index < -0.39 is 0 Å². The molecule has 0 saturated heterocycles. The molecule has 4 nitrogen and oxygen atoms in total. The normalized spacial score (nSPS) is 9.82. The molecule has 0 aliphatic heterocycles. The minimum Gasteiger partial charge on any atom is -0.462 e. The maximum absolute atomic E-state index is 11.8. The van der Waals surface area contributed by atoms with Crippen LogP contribution in [-0.4, -0.2) is 12.5 Å². The predicted molar refractivity (Wildman–Crippen MR) is 69.3 cm³/mol. The van der Waals surface area contributed by atoms with E-state index in [1.54, 1.807) is 6.92 Å². The topological polar surface area (TPSA) is 64.3 Å². The average molecular weight is 255 g/mol. The third kappa shape index (κ3) is 3.39. The van der Waals surface area contributed by atoms with Crippen molar-refractivity contribution in [1.82, 2.24) is 5.32 Å². The van der Waals surface area contributed by atoms with Crippen molar-refractivity contribution in [1.29, 1.82) is 0 Å². The zero-order valence-electron chi connectivity index (χ0n) is 9.84. The summed E-state index contributed by atoms with van der Waals surface area (Å²) in [6.45, 7) is 7.66. The molecule has 0 spiro atoms. The molecule has 0 radical (unpaired) electrons. The largest absolute Gasteiger partial charge is 0.462 e. The zero-order chi connectivity index (χ0) is 13.0. The lowest BCUT2D eigenvalue weighted by atomic mass is 10.1. The number of benzene rings is 1. The first kappa shape index (κ1) is 13.4. The number of anilines is 1. The van der Waals surface area contributed by atoms with Crippen LogP contribution in [-0.2, 0) is 0 Å². The highest BCUT2D eigenvalue weighted by Gasteiger charge is 2.15. The fraction of sp³-hybridized carbons (Fsp3) is 0.250. The third-order valence-corrected chi connectivity index (χ3v) is 2.29. The molecule has 5 heteroatoms. The number of carbonyl (C=O) groups is 1. The quantitative estimate of drug-likeness (QED) is 0.641. The molecule has 1 aromatic carbocycles. The van der Waals surface area contributed by atoms with Crippen LogP contribution in [0.25, 0.3) is 0 Å². The Kier molecular flexibility index (Phi) is 4.40. The molecule has 1 rings (SSSR count). The lowest BCUT2D eigenvalue weighted by Gasteiger charge is -2.12. The molecule has 1 aromatic rings. The number of halogens is 1. The molecule has 0 unspecified atom stereocenters. The van der Waals surface area contributed by atoms with Gasteiger partial charge in [0.2, 0.25) is 0 Å². The van der Waals surface area contributed by atoms with Gasteiger partial charge < -0.3 is 15.8 Å². The van der Waals surface area contributed by atoms with E-state index in [4.69, 9.17) is 22.1 Å². The second-order valence-electron chi connectivity index (χ2n) is 3.53. The highest BCUT2D eigenvalue weighted by molar-refractivity contribution is 6.33. The number of hydrogen-bond donors (Lipinski definition) is 2. The molecule has 3 N–H and O–H groups in total. The van der Waals surface area contributed by atoms with Gasteiger partial charge in [-0.1, -0.05) is 18.2 Å². The van der Waals surface area contributed by atoms with Crippen LogP contribution >= 0.6 is 11.6 Å². The highest BCUT2D eigenvalue weighted by atomic mass is 35.5. The molecule has 0 heterocycles. The standard InChI is InChI=1S/C12H15ClN2O2/c1-4-15-12(16)8-5-10(14)9(13)6-11(8)17-7(2)3/h5-6H,2,4,14H2,1,3H3,(H,15,16). The molecule has 17 heavy (non-hydrogen) atoms. The van der Waals surface area contributed by atoms with Crippen molar-refractivity contribution in [3.63, 3.8) is 0 Å². The van der Waals surface area contributed by atoms with Gasteiger partial charge in [-0.05, 0) is 19.9 Å². The second kappa shape index (κ2) is 5.59. The highest BCUT2D eigenvalue weighted by Crippen LogP contribution is 2.30. The van der Waals surface area contributed by atoms with Gasteiger partial charge in [-0.3, -0.25) is 4.79 Å². The number of nitrogens with one attached hydrogen (secondary N) is 1. The lowest BCUT2D eigenvalue weighted by molar-refractivity contribution is 0.0953. The van der Waals surface area contributed by atoms with Crippen molar-refractivity contribution in [2.75, 3.05) is 12.3 Å². The summed E-state index contributed by atoms with van der Waals surface area (Å²) in [5.74, 6) is 0.561. The fourth-order valence-corrected chi connectivity index (χ4v) is 1.43. The summed E-state index contributed by atoms with van der Waals surface area (Å²) >= 11 is 5.88. The van der Waals surface area contributed by atoms with Gasteiger partial charge in [0.05, 0.1) is 22.0 Å². The Balaban J connectivity index is 3.20. The number of hydrogen-bond acceptors (Lipinski definition) is 3. The van der Waals surface area contributed by atoms with Crippen LogP contribution in [0, 0.1) is 0 Å². The smallest absolute Gasteiger partial charge is 0.255 e. The monoisotopic (exact) mass is 254 g/mol. The molecule has 92 valence electrons. The van der Waals surface area contributed by atoms with Crippen molar-refractivity contribution in [3.05, 3.63) is 35.1 Å². The summed E-state index contributed by atoms with van der Waals surface area (Å²) in [6, 6.07) is 3.00. The Morgan fingerprint density at radius 1 is 1.59 bits per heavy atom. The Labute approximate surface area is 105 Å². The van der Waals surface area contributed by atoms with Gasteiger partial charge in [0.25, 0.3) is 5.91 Å². The molecule has 0 atom stereocenters. The number of nitrogen functional groups attached to an aromatic ring is 1. The van der Waals surface area contributed by atoms with E-state index in [-0.39, 0.29) is 5.91 Å². The van der Waals surface area contributed by atoms with Crippen LogP contribution < -0.4 is 15.8 Å². The molecule has 0 aliphatic rings. The van der Waals surface area contributed by atoms with Crippen molar-refractivity contribution >= 4 is 23.2 Å². The van der Waals surface area contributed by atoms with Gasteiger partial charge >= 0.3 is 0 Å². The summed E-state index contributed by atoms with van der Waals surface area (Å²) in [6.07, 6.45) is 0. The first-order valence-corrected chi connectivity index (χ1v) is 5.54. The van der Waals surface area contributed by atoms with Crippen LogP contribution in [0.2, 0.25) is 5.02 Å². The number of amides is 1. The van der Waals surface area contributed by atoms with Crippen LogP contribution in [0.3, 0.4) is 0 Å². The van der Waals surface area contributed by atoms with Gasteiger partial charge in [0.15, 0.2) is 0 Å². The molecule has 0 aromatic heterocycles. The lowest BCUT2D eigenvalue weighted by Crippen LogP contribution is -2.23. The van der Waals surface area contributed by atoms with E-state index >= 15 is 0 Å². The van der Waals surface area contributed by atoms with Crippen molar-refractivity contribution < 1.29 is 9.53 Å². The maximum atomic E-state index is 11.8. The molecule has 0 bridgehead atoms. The first-order valence-electron chi connectivity index (χ1n) is 5.16. The Hall–Kier alpha value is -1.68. The van der Waals surface area contributed by atoms with E-state index in [9.17, 15) is 4.79 Å². The summed E-state index contributed by atoms with van der Waals surface area (Å²) in [5.41, 5.74) is 6.34. The Morgan fingerprint density at radius 3 is 2.76 bits per heavy atom. The number of allylic oxidation sites excluding steroid dienone is 1. The molecule has 0 fully saturated rings. The van der Waals surface area contributed by atoms with Crippen molar-refractivity contribution in [3.8, 4) is 5.75 Å². The summed E-state index contributed by atoms with van der Waals surface area (Å²) in [7, 11) is 0. The van der Waals surface area contributed by atoms with Crippen molar-refractivity contribution in [2.24, 2.45) is 0 Å². The van der Waals surface area contributed by atoms with Gasteiger partial charge in [0.1, 0.15) is 5.75 Å². The van der Waals surface area contributed by atoms with E-state index in [1.165, 1.54) is 12.1 Å². The fourth-order valence-electron chi connectivity index (χ4n) is 1.28. The van der Waals surface area contributed by atoms with Crippen LogP contribution in [0.5, 0.6) is 5.75 Å². The number of ether oxygens (including phenoxy) is 1. The predicted octanol–water partition coefficient (Wildman–Crippen LogP) is 2.58.